The van der Waals surface area contributed by atoms with Crippen LogP contribution in [-0.4, -0.2) is 13.1 Å². The summed E-state index contributed by atoms with van der Waals surface area (Å²) < 4.78 is 0. The zero-order valence-electron chi connectivity index (χ0n) is 22.0. The molecule has 0 radical (unpaired) electrons. The number of nitrogens with two attached hydrogens (primary N) is 2. The molecule has 0 heterocycles. The van der Waals surface area contributed by atoms with Gasteiger partial charge in [0.1, 0.15) is 0 Å². The second-order valence-corrected chi connectivity index (χ2v) is 12.4. The Labute approximate surface area is 225 Å². The topological polar surface area (TPSA) is 66.1 Å². The van der Waals surface area contributed by atoms with Crippen molar-refractivity contribution in [2.24, 2.45) is 11.5 Å². The normalized spacial score (nSPS) is 13.5. The minimum absolute atomic E-state index is 0.0144. The summed E-state index contributed by atoms with van der Waals surface area (Å²) in [6.45, 7) is 19.1. The molecule has 0 saturated heterocycles. The third kappa shape index (κ3) is 8.94. The molecule has 0 aliphatic carbocycles. The average Bonchev–Trinajstić information content (AvgIpc) is 2.78. The van der Waals surface area contributed by atoms with Gasteiger partial charge in [0.2, 0.25) is 0 Å². The zero-order valence-corrected chi connectivity index (χ0v) is 25.0. The van der Waals surface area contributed by atoms with Gasteiger partial charge in [-0.15, -0.1) is 13.1 Å². The van der Waals surface area contributed by atoms with Crippen molar-refractivity contribution in [2.45, 2.75) is 91.1 Å². The average molecular weight is 601 g/mol. The van der Waals surface area contributed by atoms with Crippen LogP contribution in [0.25, 0.3) is 5.32 Å². The van der Waals surface area contributed by atoms with Crippen molar-refractivity contribution in [2.75, 3.05) is 13.1 Å². The molecule has 3 nitrogen and oxygen atoms in total. The summed E-state index contributed by atoms with van der Waals surface area (Å²) in [6, 6.07) is 13.0. The van der Waals surface area contributed by atoms with Crippen LogP contribution in [0.1, 0.15) is 125 Å². The molecule has 197 valence electrons. The van der Waals surface area contributed by atoms with Crippen LogP contribution in [-0.2, 0) is 17.6 Å². The van der Waals surface area contributed by atoms with Gasteiger partial charge in [-0.3, -0.25) is 0 Å². The van der Waals surface area contributed by atoms with Crippen molar-refractivity contribution in [3.63, 3.8) is 0 Å². The summed E-state index contributed by atoms with van der Waals surface area (Å²) >= 11 is 0.0144. The van der Waals surface area contributed by atoms with Gasteiger partial charge in [0.15, 0.2) is 0 Å². The predicted molar refractivity (Wildman–Crippen MR) is 148 cm³/mol. The van der Waals surface area contributed by atoms with E-state index in [1.165, 1.54) is 33.4 Å². The summed E-state index contributed by atoms with van der Waals surface area (Å²) in [5.41, 5.74) is 21.3. The number of rotatable bonds is 10. The first kappa shape index (κ1) is 31.7. The van der Waals surface area contributed by atoms with E-state index in [4.69, 9.17) is 35.2 Å². The molecule has 0 fully saturated rings. The second-order valence-electron chi connectivity index (χ2n) is 10.2. The van der Waals surface area contributed by atoms with Crippen molar-refractivity contribution in [1.82, 2.24) is 0 Å². The zero-order chi connectivity index (χ0) is 26.0. The summed E-state index contributed by atoms with van der Waals surface area (Å²) in [7, 11) is 9.59. The van der Waals surface area contributed by atoms with Crippen LogP contribution in [0.15, 0.2) is 36.4 Å². The molecule has 6 heteroatoms. The molecule has 2 aromatic carbocycles. The molecule has 0 bridgehead atoms. The molecule has 2 rings (SSSR count). The number of nitrogens with zero attached hydrogens (tertiary/aromatic N) is 1. The van der Waals surface area contributed by atoms with Gasteiger partial charge in [-0.25, -0.2) is 0 Å². The van der Waals surface area contributed by atoms with E-state index in [1.807, 2.05) is 0 Å². The van der Waals surface area contributed by atoms with Crippen molar-refractivity contribution in [3.8, 4) is 0 Å². The van der Waals surface area contributed by atoms with Crippen molar-refractivity contribution in [3.05, 3.63) is 75.1 Å². The standard InChI is InChI=1S/C28H44N3.Ag.2ClH/c1-17(2)21-11-9-12-22(18(3)4)27(21)25(29)15-31-16-26(30)28-23(19(5)6)13-10-14-24(28)20(7)8;;;/h9-14,17-20,25-26H,15-16,29-30H2,1-8H3;;2*1H/q-1;+2;;/p-2. The van der Waals surface area contributed by atoms with Crippen LogP contribution in [0.5, 0.6) is 0 Å². The van der Waals surface area contributed by atoms with Crippen LogP contribution in [0.2, 0.25) is 0 Å². The molecule has 0 saturated carbocycles. The quantitative estimate of drug-likeness (QED) is 0.268. The fourth-order valence-electron chi connectivity index (χ4n) is 4.61. The van der Waals surface area contributed by atoms with Crippen LogP contribution < -0.4 is 11.5 Å². The Kier molecular flexibility index (Phi) is 14.6. The molecular weight excluding hydrogens is 557 g/mol. The maximum absolute atomic E-state index is 6.72. The van der Waals surface area contributed by atoms with Gasteiger partial charge in [0, 0.05) is 12.1 Å². The Balaban J connectivity index is 0.00000182. The van der Waals surface area contributed by atoms with E-state index in [0.717, 1.165) is 0 Å². The first-order chi connectivity index (χ1) is 16.0. The third-order valence-corrected chi connectivity index (χ3v) is 6.23. The Morgan fingerprint density at radius 2 is 0.853 bits per heavy atom. The molecule has 34 heavy (non-hydrogen) atoms. The molecule has 2 unspecified atom stereocenters. The van der Waals surface area contributed by atoms with E-state index in [2.05, 4.69) is 91.8 Å². The van der Waals surface area contributed by atoms with E-state index in [-0.39, 0.29) is 29.7 Å². The Morgan fingerprint density at radius 3 is 1.06 bits per heavy atom. The monoisotopic (exact) mass is 599 g/mol. The van der Waals surface area contributed by atoms with Crippen molar-refractivity contribution < 1.29 is 17.6 Å². The summed E-state index contributed by atoms with van der Waals surface area (Å²) in [5.74, 6) is 1.75. The van der Waals surface area contributed by atoms with Crippen LogP contribution >= 0.6 is 18.4 Å². The number of hydrogen-bond donors (Lipinski definition) is 2. The van der Waals surface area contributed by atoms with Gasteiger partial charge in [0.05, 0.1) is 0 Å². The van der Waals surface area contributed by atoms with Crippen LogP contribution in [0, 0.1) is 0 Å². The third-order valence-electron chi connectivity index (χ3n) is 6.23. The molecule has 0 amide bonds. The molecule has 2 aromatic rings. The molecule has 0 spiro atoms. The number of benzene rings is 2. The summed E-state index contributed by atoms with van der Waals surface area (Å²) in [6.07, 6.45) is 0. The van der Waals surface area contributed by atoms with Gasteiger partial charge in [-0.05, 0) is 57.1 Å². The Morgan fingerprint density at radius 1 is 0.618 bits per heavy atom. The SMILES string of the molecule is CC(C)c1cccc(C(C)C)c1C(N)C[N-]CC(N)c1c(C(C)C)cccc1C(C)C.[Cl][Ag][Cl]. The first-order valence-electron chi connectivity index (χ1n) is 12.2. The molecular formula is C28H44AgCl2N3-. The van der Waals surface area contributed by atoms with E-state index in [0.29, 0.717) is 36.8 Å². The van der Waals surface area contributed by atoms with E-state index >= 15 is 0 Å². The first-order valence-corrected chi connectivity index (χ1v) is 16.0. The molecule has 0 aliphatic heterocycles. The second kappa shape index (κ2) is 15.7. The Hall–Kier alpha value is -0.360. The molecule has 0 aromatic heterocycles. The Bertz CT molecular complexity index is 747. The maximum atomic E-state index is 6.72. The van der Waals surface area contributed by atoms with Crippen molar-refractivity contribution in [1.29, 1.82) is 0 Å². The molecule has 2 atom stereocenters. The molecule has 0 aliphatic rings. The van der Waals surface area contributed by atoms with Gasteiger partial charge in [0.25, 0.3) is 0 Å². The van der Waals surface area contributed by atoms with Crippen molar-refractivity contribution >= 4 is 18.4 Å². The molecule has 4 N–H and O–H groups in total. The number of halogens is 2. The van der Waals surface area contributed by atoms with E-state index in [9.17, 15) is 0 Å². The predicted octanol–water partition coefficient (Wildman–Crippen LogP) is 8.63. The van der Waals surface area contributed by atoms with E-state index < -0.39 is 0 Å². The fourth-order valence-corrected chi connectivity index (χ4v) is 4.61. The van der Waals surface area contributed by atoms with Gasteiger partial charge in [-0.2, -0.15) is 0 Å². The summed E-state index contributed by atoms with van der Waals surface area (Å²) in [5, 5.41) is 4.88. The van der Waals surface area contributed by atoms with Gasteiger partial charge < -0.3 is 16.8 Å². The van der Waals surface area contributed by atoms with Crippen LogP contribution in [0.3, 0.4) is 0 Å². The van der Waals surface area contributed by atoms with Crippen LogP contribution in [0.4, 0.5) is 0 Å². The fraction of sp³-hybridized carbons (Fsp3) is 0.571. The van der Waals surface area contributed by atoms with Gasteiger partial charge in [-0.1, -0.05) is 91.8 Å². The van der Waals surface area contributed by atoms with E-state index in [1.54, 1.807) is 0 Å². The number of hydrogen-bond acceptors (Lipinski definition) is 2. The minimum atomic E-state index is -0.104. The van der Waals surface area contributed by atoms with Gasteiger partial charge >= 0.3 is 36.0 Å². The summed E-state index contributed by atoms with van der Waals surface area (Å²) in [4.78, 5) is 0.